The summed E-state index contributed by atoms with van der Waals surface area (Å²) in [6.45, 7) is 2.68. The van der Waals surface area contributed by atoms with Crippen LogP contribution in [0, 0.1) is 18.6 Å². The van der Waals surface area contributed by atoms with Crippen LogP contribution in [-0.2, 0) is 10.4 Å². The number of halogens is 2. The number of hydrogen-bond donors (Lipinski definition) is 1. The van der Waals surface area contributed by atoms with E-state index in [1.54, 1.807) is 0 Å². The van der Waals surface area contributed by atoms with Crippen LogP contribution in [-0.4, -0.2) is 11.4 Å². The third-order valence-electron chi connectivity index (χ3n) is 2.30. The quantitative estimate of drug-likeness (QED) is 0.782. The van der Waals surface area contributed by atoms with Gasteiger partial charge in [0.05, 0.1) is 11.2 Å². The van der Waals surface area contributed by atoms with E-state index in [-0.39, 0.29) is 12.0 Å². The summed E-state index contributed by atoms with van der Waals surface area (Å²) in [6.07, 6.45) is 0.0888. The molecule has 0 saturated heterocycles. The third kappa shape index (κ3) is 2.21. The van der Waals surface area contributed by atoms with Gasteiger partial charge in [-0.3, -0.25) is 0 Å². The van der Waals surface area contributed by atoms with Crippen LogP contribution in [0.4, 0.5) is 8.78 Å². The highest BCUT2D eigenvalue weighted by molar-refractivity contribution is 5.52. The fourth-order valence-corrected chi connectivity index (χ4v) is 1.41. The Morgan fingerprint density at radius 1 is 1.47 bits per heavy atom. The van der Waals surface area contributed by atoms with Crippen LogP contribution in [0.1, 0.15) is 24.5 Å². The molecule has 0 saturated carbocycles. The zero-order valence-corrected chi connectivity index (χ0v) is 8.55. The highest BCUT2D eigenvalue weighted by Gasteiger charge is 2.30. The maximum absolute atomic E-state index is 13.6. The average Bonchev–Trinajstić information content (AvgIpc) is 2.11. The van der Waals surface area contributed by atoms with Gasteiger partial charge in [-0.1, -0.05) is 6.07 Å². The lowest BCUT2D eigenvalue weighted by atomic mass is 9.91. The van der Waals surface area contributed by atoms with Gasteiger partial charge in [0, 0.05) is 6.42 Å². The second kappa shape index (κ2) is 4.06. The van der Waals surface area contributed by atoms with Crippen molar-refractivity contribution in [3.8, 4) is 0 Å². The Bertz CT molecular complexity index is 386. The molecule has 1 atom stereocenters. The van der Waals surface area contributed by atoms with Gasteiger partial charge in [0.25, 0.3) is 0 Å². The summed E-state index contributed by atoms with van der Waals surface area (Å²) in [5.74, 6) is -1.65. The Morgan fingerprint density at radius 2 is 2.07 bits per heavy atom. The molecule has 1 rings (SSSR count). The van der Waals surface area contributed by atoms with Crippen molar-refractivity contribution in [2.45, 2.75) is 25.9 Å². The molecular formula is C11H12F2O2. The topological polar surface area (TPSA) is 37.3 Å². The van der Waals surface area contributed by atoms with E-state index in [0.29, 0.717) is 6.29 Å². The Morgan fingerprint density at radius 3 is 2.60 bits per heavy atom. The molecule has 0 aliphatic heterocycles. The Balaban J connectivity index is 3.35. The van der Waals surface area contributed by atoms with E-state index in [1.807, 2.05) is 0 Å². The van der Waals surface area contributed by atoms with E-state index in [9.17, 15) is 18.7 Å². The second-order valence-corrected chi connectivity index (χ2v) is 3.70. The van der Waals surface area contributed by atoms with Crippen LogP contribution in [0.15, 0.2) is 12.1 Å². The summed E-state index contributed by atoms with van der Waals surface area (Å²) in [6, 6.07) is 2.36. The molecule has 1 aromatic rings. The molecule has 1 N–H and O–H groups in total. The molecule has 0 fully saturated rings. The fourth-order valence-electron chi connectivity index (χ4n) is 1.41. The molecule has 0 aliphatic rings. The normalized spacial score (nSPS) is 14.7. The predicted molar refractivity (Wildman–Crippen MR) is 51.3 cm³/mol. The number of aldehydes is 1. The van der Waals surface area contributed by atoms with Crippen molar-refractivity contribution in [2.75, 3.05) is 0 Å². The maximum Gasteiger partial charge on any atom is 0.135 e. The molecule has 4 heteroatoms. The highest BCUT2D eigenvalue weighted by atomic mass is 19.1. The summed E-state index contributed by atoms with van der Waals surface area (Å²) in [5.41, 5.74) is -2.02. The Hall–Kier alpha value is -1.29. The molecule has 0 aromatic heterocycles. The van der Waals surface area contributed by atoms with Gasteiger partial charge in [-0.05, 0) is 25.5 Å². The van der Waals surface area contributed by atoms with Crippen molar-refractivity contribution in [1.82, 2.24) is 0 Å². The van der Waals surface area contributed by atoms with Crippen molar-refractivity contribution in [1.29, 1.82) is 0 Å². The predicted octanol–water partition coefficient (Wildman–Crippen LogP) is 2.07. The molecule has 15 heavy (non-hydrogen) atoms. The number of benzene rings is 1. The lowest BCUT2D eigenvalue weighted by molar-refractivity contribution is -0.112. The number of rotatable bonds is 3. The first-order chi connectivity index (χ1) is 6.90. The summed E-state index contributed by atoms with van der Waals surface area (Å²) in [7, 11) is 0. The zero-order valence-electron chi connectivity index (χ0n) is 8.55. The minimum Gasteiger partial charge on any atom is -0.385 e. The van der Waals surface area contributed by atoms with Crippen LogP contribution in [0.2, 0.25) is 0 Å². The van der Waals surface area contributed by atoms with E-state index in [2.05, 4.69) is 0 Å². The van der Waals surface area contributed by atoms with E-state index >= 15 is 0 Å². The molecule has 0 amide bonds. The van der Waals surface area contributed by atoms with E-state index in [4.69, 9.17) is 0 Å². The smallest absolute Gasteiger partial charge is 0.135 e. The molecule has 0 aliphatic carbocycles. The molecule has 2 nitrogen and oxygen atoms in total. The van der Waals surface area contributed by atoms with Gasteiger partial charge >= 0.3 is 0 Å². The molecule has 0 bridgehead atoms. The molecule has 0 heterocycles. The molecule has 1 aromatic carbocycles. The van der Waals surface area contributed by atoms with E-state index < -0.39 is 22.8 Å². The van der Waals surface area contributed by atoms with Crippen molar-refractivity contribution < 1.29 is 18.7 Å². The minimum absolute atomic E-state index is 0.234. The SMILES string of the molecule is Cc1ccc(F)c(C(C)(O)CC=O)c1F. The standard InChI is InChI=1S/C11H12F2O2/c1-7-3-4-8(12)9(10(7)13)11(2,15)5-6-14/h3-4,6,15H,5H2,1-2H3. The van der Waals surface area contributed by atoms with Gasteiger partial charge in [0.2, 0.25) is 0 Å². The number of carbonyl (C=O) groups is 1. The molecule has 82 valence electrons. The third-order valence-corrected chi connectivity index (χ3v) is 2.30. The Labute approximate surface area is 86.5 Å². The Kier molecular flexibility index (Phi) is 3.19. The molecule has 1 unspecified atom stereocenters. The number of hydrogen-bond acceptors (Lipinski definition) is 2. The van der Waals surface area contributed by atoms with Crippen molar-refractivity contribution in [3.05, 3.63) is 34.9 Å². The molecule has 0 spiro atoms. The largest absolute Gasteiger partial charge is 0.385 e. The first kappa shape index (κ1) is 11.8. The van der Waals surface area contributed by atoms with Gasteiger partial charge in [-0.25, -0.2) is 8.78 Å². The second-order valence-electron chi connectivity index (χ2n) is 3.70. The lowest BCUT2D eigenvalue weighted by Gasteiger charge is -2.22. The zero-order chi connectivity index (χ0) is 11.6. The van der Waals surface area contributed by atoms with Crippen molar-refractivity contribution in [3.63, 3.8) is 0 Å². The first-order valence-corrected chi connectivity index (χ1v) is 4.51. The van der Waals surface area contributed by atoms with Crippen LogP contribution >= 0.6 is 0 Å². The summed E-state index contributed by atoms with van der Waals surface area (Å²) in [4.78, 5) is 10.3. The first-order valence-electron chi connectivity index (χ1n) is 4.51. The van der Waals surface area contributed by atoms with Gasteiger partial charge in [-0.2, -0.15) is 0 Å². The summed E-state index contributed by atoms with van der Waals surface area (Å²) >= 11 is 0. The average molecular weight is 214 g/mol. The van der Waals surface area contributed by atoms with Crippen molar-refractivity contribution >= 4 is 6.29 Å². The number of carbonyl (C=O) groups excluding carboxylic acids is 1. The molecular weight excluding hydrogens is 202 g/mol. The van der Waals surface area contributed by atoms with Gasteiger partial charge in [0.15, 0.2) is 0 Å². The lowest BCUT2D eigenvalue weighted by Crippen LogP contribution is -2.25. The summed E-state index contributed by atoms with van der Waals surface area (Å²) < 4.78 is 26.9. The van der Waals surface area contributed by atoms with Crippen LogP contribution in [0.5, 0.6) is 0 Å². The highest BCUT2D eigenvalue weighted by Crippen LogP contribution is 2.29. The van der Waals surface area contributed by atoms with E-state index in [0.717, 1.165) is 6.07 Å². The fraction of sp³-hybridized carbons (Fsp3) is 0.364. The summed E-state index contributed by atoms with van der Waals surface area (Å²) in [5, 5.41) is 9.76. The van der Waals surface area contributed by atoms with Gasteiger partial charge < -0.3 is 9.90 Å². The van der Waals surface area contributed by atoms with Gasteiger partial charge in [0.1, 0.15) is 17.9 Å². The van der Waals surface area contributed by atoms with Crippen LogP contribution < -0.4 is 0 Å². The van der Waals surface area contributed by atoms with Crippen LogP contribution in [0.3, 0.4) is 0 Å². The van der Waals surface area contributed by atoms with Crippen LogP contribution in [0.25, 0.3) is 0 Å². The minimum atomic E-state index is -1.80. The number of aryl methyl sites for hydroxylation is 1. The van der Waals surface area contributed by atoms with Gasteiger partial charge in [-0.15, -0.1) is 0 Å². The number of aliphatic hydroxyl groups is 1. The molecule has 0 radical (unpaired) electrons. The monoisotopic (exact) mass is 214 g/mol. The maximum atomic E-state index is 13.6. The van der Waals surface area contributed by atoms with E-state index in [1.165, 1.54) is 19.9 Å². The van der Waals surface area contributed by atoms with Crippen molar-refractivity contribution in [2.24, 2.45) is 0 Å².